The number of oxime groups is 1. The van der Waals surface area contributed by atoms with Crippen LogP contribution < -0.4 is 14.8 Å². The Bertz CT molecular complexity index is 1890. The summed E-state index contributed by atoms with van der Waals surface area (Å²) in [6.07, 6.45) is -1.57. The highest BCUT2D eigenvalue weighted by Gasteiger charge is 2.41. The van der Waals surface area contributed by atoms with Crippen LogP contribution in [0, 0.1) is 5.92 Å². The van der Waals surface area contributed by atoms with Crippen LogP contribution in [-0.4, -0.2) is 71.3 Å². The highest BCUT2D eigenvalue weighted by atomic mass is 16.6. The molecule has 272 valence electrons. The number of benzene rings is 4. The highest BCUT2D eigenvalue weighted by Crippen LogP contribution is 2.24. The number of fused-ring (bicyclic) bond motifs is 1. The van der Waals surface area contributed by atoms with E-state index in [1.54, 1.807) is 75.4 Å². The summed E-state index contributed by atoms with van der Waals surface area (Å²) in [6, 6.07) is 28.9. The number of hydrogen-bond acceptors (Lipinski definition) is 9. The van der Waals surface area contributed by atoms with E-state index in [0.717, 1.165) is 10.8 Å². The van der Waals surface area contributed by atoms with E-state index < -0.39 is 54.5 Å². The van der Waals surface area contributed by atoms with E-state index >= 15 is 0 Å². The fourth-order valence-corrected chi connectivity index (χ4v) is 5.76. The van der Waals surface area contributed by atoms with Crippen molar-refractivity contribution in [2.45, 2.75) is 71.2 Å². The van der Waals surface area contributed by atoms with Gasteiger partial charge in [0.15, 0.2) is 12.5 Å². The van der Waals surface area contributed by atoms with Gasteiger partial charge < -0.3 is 24.4 Å². The molecule has 1 heterocycles. The number of carbonyl (C=O) groups excluding carboxylic acids is 4. The van der Waals surface area contributed by atoms with Gasteiger partial charge in [0.1, 0.15) is 29.7 Å². The maximum Gasteiger partial charge on any atom is 0.308 e. The molecular formula is C41H45N3O8. The third kappa shape index (κ3) is 10.2. The monoisotopic (exact) mass is 707 g/mol. The minimum atomic E-state index is -1.32. The number of nitrogens with one attached hydrogen (secondary N) is 1. The summed E-state index contributed by atoms with van der Waals surface area (Å²) >= 11 is 0. The molecule has 0 aromatic heterocycles. The number of ketones is 1. The second kappa shape index (κ2) is 17.0. The molecule has 3 atom stereocenters. The molecule has 11 heteroatoms. The SMILES string of the molecule is CC(C)[C@H](NC(=O)c1ccc2ccccc2c1)C1=NOC(C(=O)N(COc2ccccc2)[C@@H](CC(=O)OC(C)(C)C)C(=O)COc2ccccc2)C1. The van der Waals surface area contributed by atoms with Crippen molar-refractivity contribution in [1.82, 2.24) is 10.2 Å². The van der Waals surface area contributed by atoms with Gasteiger partial charge >= 0.3 is 5.97 Å². The zero-order valence-electron chi connectivity index (χ0n) is 30.1. The number of ether oxygens (including phenoxy) is 3. The van der Waals surface area contributed by atoms with Crippen molar-refractivity contribution in [3.63, 3.8) is 0 Å². The molecular weight excluding hydrogens is 662 g/mol. The maximum absolute atomic E-state index is 14.4. The number of esters is 1. The molecule has 2 amide bonds. The van der Waals surface area contributed by atoms with Crippen molar-refractivity contribution in [2.24, 2.45) is 11.1 Å². The Hall–Kier alpha value is -5.71. The van der Waals surface area contributed by atoms with Crippen molar-refractivity contribution in [1.29, 1.82) is 0 Å². The lowest BCUT2D eigenvalue weighted by Gasteiger charge is -2.32. The first-order chi connectivity index (χ1) is 24.9. The number of carbonyl (C=O) groups is 4. The first kappa shape index (κ1) is 37.5. The molecule has 0 saturated heterocycles. The molecule has 5 rings (SSSR count). The summed E-state index contributed by atoms with van der Waals surface area (Å²) in [7, 11) is 0. The van der Waals surface area contributed by atoms with Crippen molar-refractivity contribution in [2.75, 3.05) is 13.3 Å². The second-order valence-electron chi connectivity index (χ2n) is 13.9. The summed E-state index contributed by atoms with van der Waals surface area (Å²) < 4.78 is 17.3. The lowest BCUT2D eigenvalue weighted by molar-refractivity contribution is -0.162. The van der Waals surface area contributed by atoms with Crippen LogP contribution in [0.15, 0.2) is 108 Å². The van der Waals surface area contributed by atoms with Crippen molar-refractivity contribution < 1.29 is 38.2 Å². The van der Waals surface area contributed by atoms with E-state index in [-0.39, 0.29) is 25.0 Å². The number of nitrogens with zero attached hydrogens (tertiary/aromatic N) is 2. The van der Waals surface area contributed by atoms with Gasteiger partial charge in [-0.1, -0.05) is 85.7 Å². The average molecular weight is 708 g/mol. The molecule has 0 aliphatic carbocycles. The lowest BCUT2D eigenvalue weighted by atomic mass is 9.94. The van der Waals surface area contributed by atoms with Crippen molar-refractivity contribution >= 4 is 40.1 Å². The number of para-hydroxylation sites is 2. The largest absolute Gasteiger partial charge is 0.486 e. The molecule has 4 aromatic carbocycles. The molecule has 0 spiro atoms. The van der Waals surface area contributed by atoms with Crippen molar-refractivity contribution in [3.05, 3.63) is 109 Å². The van der Waals surface area contributed by atoms with Gasteiger partial charge in [-0.15, -0.1) is 0 Å². The first-order valence-corrected chi connectivity index (χ1v) is 17.3. The van der Waals surface area contributed by atoms with E-state index in [9.17, 15) is 19.2 Å². The number of Topliss-reactive ketones (excluding diaryl/α,β-unsaturated/α-hetero) is 1. The summed E-state index contributed by atoms with van der Waals surface area (Å²) in [5.41, 5.74) is 0.122. The Morgan fingerprint density at radius 3 is 2.10 bits per heavy atom. The fraction of sp³-hybridized carbons (Fsp3) is 0.341. The molecule has 1 aliphatic heterocycles. The standard InChI is InChI=1S/C41H45N3O8/c1-27(2)38(42-39(47)30-21-20-28-14-12-13-15-29(28)22-30)33-23-36(52-43-33)40(48)44(26-50-32-18-10-7-11-19-32)34(24-37(46)51-41(3,4)5)35(45)25-49-31-16-8-6-9-17-31/h6-22,27,34,36,38H,23-26H2,1-5H3,(H,42,47)/t34-,36?,38-/m0/s1. The molecule has 1 aliphatic rings. The summed E-state index contributed by atoms with van der Waals surface area (Å²) in [4.78, 5) is 61.8. The molecule has 4 aromatic rings. The van der Waals surface area contributed by atoms with Crippen LogP contribution in [0.3, 0.4) is 0 Å². The van der Waals surface area contributed by atoms with Crippen LogP contribution in [0.25, 0.3) is 10.8 Å². The Morgan fingerprint density at radius 1 is 0.846 bits per heavy atom. The van der Waals surface area contributed by atoms with Gasteiger partial charge in [0.2, 0.25) is 6.10 Å². The van der Waals surface area contributed by atoms with Crippen LogP contribution >= 0.6 is 0 Å². The first-order valence-electron chi connectivity index (χ1n) is 17.3. The molecule has 11 nitrogen and oxygen atoms in total. The molecule has 0 radical (unpaired) electrons. The molecule has 52 heavy (non-hydrogen) atoms. The van der Waals surface area contributed by atoms with Gasteiger partial charge in [-0.05, 0) is 73.9 Å². The predicted octanol–water partition coefficient (Wildman–Crippen LogP) is 6.35. The van der Waals surface area contributed by atoms with Gasteiger partial charge in [-0.2, -0.15) is 0 Å². The van der Waals surface area contributed by atoms with Gasteiger partial charge in [0.25, 0.3) is 11.8 Å². The Labute approximate surface area is 303 Å². The third-order valence-corrected chi connectivity index (χ3v) is 8.34. The number of amides is 2. The Kier molecular flexibility index (Phi) is 12.3. The predicted molar refractivity (Wildman–Crippen MR) is 197 cm³/mol. The Balaban J connectivity index is 1.37. The summed E-state index contributed by atoms with van der Waals surface area (Å²) in [6.45, 7) is 8.23. The molecule has 0 bridgehead atoms. The molecule has 0 fully saturated rings. The maximum atomic E-state index is 14.4. The highest BCUT2D eigenvalue weighted by molar-refractivity contribution is 6.03. The third-order valence-electron chi connectivity index (χ3n) is 8.34. The average Bonchev–Trinajstić information content (AvgIpc) is 3.62. The van der Waals surface area contributed by atoms with Gasteiger partial charge in [0, 0.05) is 12.0 Å². The zero-order valence-corrected chi connectivity index (χ0v) is 30.1. The molecule has 1 N–H and O–H groups in total. The van der Waals surface area contributed by atoms with E-state index in [1.807, 2.05) is 62.4 Å². The van der Waals surface area contributed by atoms with Gasteiger partial charge in [-0.3, -0.25) is 24.1 Å². The lowest BCUT2D eigenvalue weighted by Crippen LogP contribution is -2.53. The smallest absolute Gasteiger partial charge is 0.308 e. The zero-order chi connectivity index (χ0) is 37.3. The van der Waals surface area contributed by atoms with E-state index in [2.05, 4.69) is 10.5 Å². The quantitative estimate of drug-likeness (QED) is 0.112. The Morgan fingerprint density at radius 2 is 1.46 bits per heavy atom. The van der Waals surface area contributed by atoms with Crippen LogP contribution in [-0.2, 0) is 24.0 Å². The van der Waals surface area contributed by atoms with Gasteiger partial charge in [-0.25, -0.2) is 0 Å². The normalized spacial score (nSPS) is 15.2. The molecule has 0 saturated carbocycles. The summed E-state index contributed by atoms with van der Waals surface area (Å²) in [5, 5.41) is 9.28. The molecule has 1 unspecified atom stereocenters. The number of rotatable bonds is 15. The van der Waals surface area contributed by atoms with Crippen LogP contribution in [0.2, 0.25) is 0 Å². The number of hydrogen-bond donors (Lipinski definition) is 1. The van der Waals surface area contributed by atoms with Crippen LogP contribution in [0.4, 0.5) is 0 Å². The van der Waals surface area contributed by atoms with Crippen LogP contribution in [0.5, 0.6) is 11.5 Å². The van der Waals surface area contributed by atoms with E-state index in [4.69, 9.17) is 19.0 Å². The minimum Gasteiger partial charge on any atom is -0.486 e. The van der Waals surface area contributed by atoms with Crippen molar-refractivity contribution in [3.8, 4) is 11.5 Å². The summed E-state index contributed by atoms with van der Waals surface area (Å²) in [5.74, 6) is -1.33. The minimum absolute atomic E-state index is 0.0371. The fourth-order valence-electron chi connectivity index (χ4n) is 5.76. The van der Waals surface area contributed by atoms with Crippen LogP contribution in [0.1, 0.15) is 57.8 Å². The van der Waals surface area contributed by atoms with E-state index in [1.165, 1.54) is 4.90 Å². The second-order valence-corrected chi connectivity index (χ2v) is 13.9. The van der Waals surface area contributed by atoms with Gasteiger partial charge in [0.05, 0.1) is 18.2 Å². The topological polar surface area (TPSA) is 133 Å². The van der Waals surface area contributed by atoms with E-state index in [0.29, 0.717) is 22.8 Å².